The molecule has 27 heavy (non-hydrogen) atoms. The fraction of sp³-hybridized carbons (Fsp3) is 0.500. The number of nitroso groups, excluding NO2 is 1. The van der Waals surface area contributed by atoms with Gasteiger partial charge in [-0.25, -0.2) is 13.2 Å². The molecule has 0 aliphatic carbocycles. The first-order valence-corrected chi connectivity index (χ1v) is 10.1. The summed E-state index contributed by atoms with van der Waals surface area (Å²) < 4.78 is 32.9. The van der Waals surface area contributed by atoms with Crippen molar-refractivity contribution in [1.29, 1.82) is 0 Å². The highest BCUT2D eigenvalue weighted by Gasteiger charge is 2.33. The molecular weight excluding hydrogens is 370 g/mol. The van der Waals surface area contributed by atoms with Gasteiger partial charge in [-0.15, -0.1) is 4.91 Å². The lowest BCUT2D eigenvalue weighted by Gasteiger charge is -2.34. The molecule has 2 rings (SSSR count). The zero-order chi connectivity index (χ0) is 20.2. The smallest absolute Gasteiger partial charge is 0.410 e. The lowest BCUT2D eigenvalue weighted by atomic mass is 10.2. The number of hydrogen-bond donors (Lipinski definition) is 0. The van der Waals surface area contributed by atoms with Crippen LogP contribution >= 0.6 is 0 Å². The van der Waals surface area contributed by atoms with Crippen LogP contribution in [0.1, 0.15) is 27.7 Å². The molecule has 148 valence electrons. The van der Waals surface area contributed by atoms with Crippen LogP contribution in [0.15, 0.2) is 46.5 Å². The Hall–Kier alpha value is -2.26. The van der Waals surface area contributed by atoms with Gasteiger partial charge in [-0.1, -0.05) is 24.3 Å². The van der Waals surface area contributed by atoms with Crippen molar-refractivity contribution in [2.75, 3.05) is 19.6 Å². The van der Waals surface area contributed by atoms with Crippen LogP contribution in [0.2, 0.25) is 0 Å². The number of amides is 1. The van der Waals surface area contributed by atoms with Crippen molar-refractivity contribution in [3.63, 3.8) is 0 Å². The van der Waals surface area contributed by atoms with Crippen molar-refractivity contribution in [2.24, 2.45) is 5.18 Å². The van der Waals surface area contributed by atoms with Crippen LogP contribution in [0.4, 0.5) is 10.5 Å². The van der Waals surface area contributed by atoms with E-state index in [1.54, 1.807) is 52.0 Å². The van der Waals surface area contributed by atoms with Gasteiger partial charge >= 0.3 is 6.09 Å². The molecule has 0 radical (unpaired) electrons. The third-order valence-corrected chi connectivity index (χ3v) is 5.98. The molecule has 1 aliphatic heterocycles. The molecule has 0 unspecified atom stereocenters. The topological polar surface area (TPSA) is 96.3 Å². The minimum absolute atomic E-state index is 0.138. The van der Waals surface area contributed by atoms with Gasteiger partial charge in [0.05, 0.1) is 0 Å². The summed E-state index contributed by atoms with van der Waals surface area (Å²) >= 11 is 0. The van der Waals surface area contributed by atoms with Crippen molar-refractivity contribution in [1.82, 2.24) is 9.21 Å². The Bertz CT molecular complexity index is 830. The molecule has 0 saturated heterocycles. The molecule has 1 aromatic carbocycles. The Morgan fingerprint density at radius 1 is 1.19 bits per heavy atom. The van der Waals surface area contributed by atoms with Crippen LogP contribution in [0, 0.1) is 4.91 Å². The standard InChI is InChI=1S/C18H25N3O5S/c1-14-13-20(17(22)26-18(2,3)4)11-7-8-12-21(14)27(24,25)16-10-6-5-9-15(16)19-23/h5-10,14H,11-13H2,1-4H3/b8-7-/t14-/m1/s1. The van der Waals surface area contributed by atoms with Crippen LogP contribution < -0.4 is 0 Å². The van der Waals surface area contributed by atoms with Gasteiger partial charge in [-0.3, -0.25) is 0 Å². The maximum atomic E-state index is 13.1. The highest BCUT2D eigenvalue weighted by Crippen LogP contribution is 2.28. The number of benzene rings is 1. The van der Waals surface area contributed by atoms with E-state index < -0.39 is 27.8 Å². The zero-order valence-electron chi connectivity index (χ0n) is 16.0. The van der Waals surface area contributed by atoms with Crippen molar-refractivity contribution in [3.05, 3.63) is 41.3 Å². The van der Waals surface area contributed by atoms with Gasteiger partial charge in [0.15, 0.2) is 0 Å². The van der Waals surface area contributed by atoms with Gasteiger partial charge in [0.2, 0.25) is 10.0 Å². The maximum absolute atomic E-state index is 13.1. The van der Waals surface area contributed by atoms with E-state index in [0.717, 1.165) is 0 Å². The Morgan fingerprint density at radius 2 is 1.81 bits per heavy atom. The van der Waals surface area contributed by atoms with Gasteiger partial charge in [0.1, 0.15) is 16.2 Å². The minimum atomic E-state index is -3.97. The summed E-state index contributed by atoms with van der Waals surface area (Å²) in [6.07, 6.45) is 2.90. The van der Waals surface area contributed by atoms with Crippen LogP contribution in [-0.4, -0.2) is 55.0 Å². The number of carbonyl (C=O) groups excluding carboxylic acids is 1. The maximum Gasteiger partial charge on any atom is 0.410 e. The van der Waals surface area contributed by atoms with Crippen molar-refractivity contribution >= 4 is 21.8 Å². The third kappa shape index (κ3) is 5.14. The molecule has 1 atom stereocenters. The van der Waals surface area contributed by atoms with Gasteiger partial charge in [-0.2, -0.15) is 4.31 Å². The Morgan fingerprint density at radius 3 is 2.44 bits per heavy atom. The molecule has 1 amide bonds. The second kappa shape index (κ2) is 8.18. The first-order chi connectivity index (χ1) is 12.6. The van der Waals surface area contributed by atoms with E-state index in [2.05, 4.69) is 5.18 Å². The van der Waals surface area contributed by atoms with Gasteiger partial charge < -0.3 is 9.64 Å². The number of nitrogens with zero attached hydrogens (tertiary/aromatic N) is 3. The van der Waals surface area contributed by atoms with E-state index in [1.807, 2.05) is 0 Å². The van der Waals surface area contributed by atoms with Gasteiger partial charge in [-0.05, 0) is 45.0 Å². The summed E-state index contributed by atoms with van der Waals surface area (Å²) in [5, 5.41) is 2.82. The number of rotatable bonds is 3. The third-order valence-electron chi connectivity index (χ3n) is 3.96. The van der Waals surface area contributed by atoms with Crippen LogP contribution in [-0.2, 0) is 14.8 Å². The van der Waals surface area contributed by atoms with Gasteiger partial charge in [0.25, 0.3) is 0 Å². The molecule has 0 saturated carbocycles. The fourth-order valence-electron chi connectivity index (χ4n) is 2.73. The predicted molar refractivity (Wildman–Crippen MR) is 102 cm³/mol. The molecule has 1 heterocycles. The first-order valence-electron chi connectivity index (χ1n) is 8.63. The molecule has 1 aromatic rings. The van der Waals surface area contributed by atoms with Crippen LogP contribution in [0.5, 0.6) is 0 Å². The van der Waals surface area contributed by atoms with E-state index in [-0.39, 0.29) is 23.7 Å². The molecule has 0 fully saturated rings. The monoisotopic (exact) mass is 395 g/mol. The number of hydrogen-bond acceptors (Lipinski definition) is 6. The first kappa shape index (κ1) is 21.0. The zero-order valence-corrected chi connectivity index (χ0v) is 16.8. The fourth-order valence-corrected chi connectivity index (χ4v) is 4.43. The summed E-state index contributed by atoms with van der Waals surface area (Å²) in [5.41, 5.74) is -0.785. The second-order valence-electron chi connectivity index (χ2n) is 7.34. The SMILES string of the molecule is C[C@@H]1CN(C(=O)OC(C)(C)C)C/C=C\CN1S(=O)(=O)c1ccccc1N=O. The highest BCUT2D eigenvalue weighted by molar-refractivity contribution is 7.89. The van der Waals surface area contributed by atoms with E-state index in [9.17, 15) is 18.1 Å². The summed E-state index contributed by atoms with van der Waals surface area (Å²) in [7, 11) is -3.97. The normalized spacial score (nSPS) is 20.4. The molecule has 0 aromatic heterocycles. The van der Waals surface area contributed by atoms with Crippen molar-refractivity contribution in [2.45, 2.75) is 44.2 Å². The molecule has 9 heteroatoms. The summed E-state index contributed by atoms with van der Waals surface area (Å²) in [5.74, 6) is 0. The quantitative estimate of drug-likeness (QED) is 0.578. The van der Waals surface area contributed by atoms with Crippen LogP contribution in [0.3, 0.4) is 0 Å². The molecular formula is C18H25N3O5S. The van der Waals surface area contributed by atoms with Gasteiger partial charge in [0, 0.05) is 25.7 Å². The molecule has 8 nitrogen and oxygen atoms in total. The van der Waals surface area contributed by atoms with E-state index in [4.69, 9.17) is 4.74 Å². The molecule has 1 aliphatic rings. The largest absolute Gasteiger partial charge is 0.444 e. The van der Waals surface area contributed by atoms with E-state index in [0.29, 0.717) is 6.54 Å². The Kier molecular flexibility index (Phi) is 6.38. The molecule has 0 spiro atoms. The highest BCUT2D eigenvalue weighted by atomic mass is 32.2. The second-order valence-corrected chi connectivity index (χ2v) is 9.20. The summed E-state index contributed by atoms with van der Waals surface area (Å²) in [6, 6.07) is 5.28. The van der Waals surface area contributed by atoms with Crippen LogP contribution in [0.25, 0.3) is 0 Å². The molecule has 0 N–H and O–H groups in total. The van der Waals surface area contributed by atoms with Crippen molar-refractivity contribution < 1.29 is 17.9 Å². The van der Waals surface area contributed by atoms with E-state index in [1.165, 1.54) is 21.3 Å². The summed E-state index contributed by atoms with van der Waals surface area (Å²) in [6.45, 7) is 7.66. The average molecular weight is 395 g/mol. The summed E-state index contributed by atoms with van der Waals surface area (Å²) in [4.78, 5) is 24.7. The predicted octanol–water partition coefficient (Wildman–Crippen LogP) is 3.27. The number of ether oxygens (including phenoxy) is 1. The lowest BCUT2D eigenvalue weighted by molar-refractivity contribution is 0.0239. The Balaban J connectivity index is 2.31. The minimum Gasteiger partial charge on any atom is -0.444 e. The van der Waals surface area contributed by atoms with E-state index >= 15 is 0 Å². The van der Waals surface area contributed by atoms with Crippen molar-refractivity contribution in [3.8, 4) is 0 Å². The Labute approximate surface area is 159 Å². The number of sulfonamides is 1. The molecule has 0 bridgehead atoms. The lowest BCUT2D eigenvalue weighted by Crippen LogP contribution is -2.49. The average Bonchev–Trinajstić information content (AvgIpc) is 2.56. The number of carbonyl (C=O) groups is 1.